The molecule has 20 heavy (non-hydrogen) atoms. The zero-order valence-corrected chi connectivity index (χ0v) is 14.0. The Morgan fingerprint density at radius 1 is 1.40 bits per heavy atom. The Hall–Kier alpha value is -0.450. The fourth-order valence-corrected chi connectivity index (χ4v) is 4.00. The predicted octanol–water partition coefficient (Wildman–Crippen LogP) is 2.96. The zero-order chi connectivity index (χ0) is 14.4. The maximum atomic E-state index is 4.63. The van der Waals surface area contributed by atoms with E-state index in [9.17, 15) is 0 Å². The summed E-state index contributed by atoms with van der Waals surface area (Å²) in [5.41, 5.74) is 0. The van der Waals surface area contributed by atoms with Crippen LogP contribution in [0.3, 0.4) is 0 Å². The summed E-state index contributed by atoms with van der Waals surface area (Å²) in [6.45, 7) is 8.24. The Morgan fingerprint density at radius 2 is 2.15 bits per heavy atom. The van der Waals surface area contributed by atoms with Crippen LogP contribution in [0.1, 0.15) is 43.0 Å². The van der Waals surface area contributed by atoms with Crippen LogP contribution >= 0.6 is 11.3 Å². The van der Waals surface area contributed by atoms with Gasteiger partial charge in [-0.15, -0.1) is 11.3 Å². The van der Waals surface area contributed by atoms with Gasteiger partial charge in [0, 0.05) is 23.5 Å². The van der Waals surface area contributed by atoms with Gasteiger partial charge in [0.05, 0.1) is 5.01 Å². The molecule has 2 rings (SSSR count). The normalized spacial score (nSPS) is 18.0. The van der Waals surface area contributed by atoms with Crippen LogP contribution in [0.2, 0.25) is 0 Å². The second-order valence-electron chi connectivity index (χ2n) is 6.20. The minimum absolute atomic E-state index is 0.703. The number of hydrogen-bond donors (Lipinski definition) is 1. The number of rotatable bonds is 7. The lowest BCUT2D eigenvalue weighted by Gasteiger charge is -2.34. The highest BCUT2D eigenvalue weighted by atomic mass is 32.1. The van der Waals surface area contributed by atoms with E-state index >= 15 is 0 Å². The van der Waals surface area contributed by atoms with Gasteiger partial charge in [0.2, 0.25) is 0 Å². The van der Waals surface area contributed by atoms with E-state index in [1.54, 1.807) is 0 Å². The summed E-state index contributed by atoms with van der Waals surface area (Å²) in [7, 11) is 2.02. The number of aromatic nitrogens is 1. The van der Waals surface area contributed by atoms with Crippen molar-refractivity contribution < 1.29 is 0 Å². The van der Waals surface area contributed by atoms with Crippen LogP contribution in [0.25, 0.3) is 0 Å². The molecule has 1 fully saturated rings. The van der Waals surface area contributed by atoms with E-state index in [2.05, 4.69) is 35.2 Å². The van der Waals surface area contributed by atoms with E-state index in [0.717, 1.165) is 12.5 Å². The standard InChI is InChI=1S/C16H29N3S/c1-13(2)19-9-6-14(7-10-19)11-16-18-12-15(20-16)5-4-8-17-3/h12-14,17H,4-11H2,1-3H3. The summed E-state index contributed by atoms with van der Waals surface area (Å²) in [6, 6.07) is 0.703. The second-order valence-corrected chi connectivity index (χ2v) is 7.40. The summed E-state index contributed by atoms with van der Waals surface area (Å²) >= 11 is 1.93. The van der Waals surface area contributed by atoms with Gasteiger partial charge in [0.1, 0.15) is 0 Å². The predicted molar refractivity (Wildman–Crippen MR) is 87.5 cm³/mol. The first kappa shape index (κ1) is 15.9. The van der Waals surface area contributed by atoms with E-state index in [-0.39, 0.29) is 0 Å². The first-order valence-electron chi connectivity index (χ1n) is 8.01. The topological polar surface area (TPSA) is 28.2 Å². The molecule has 3 nitrogen and oxygen atoms in total. The van der Waals surface area contributed by atoms with Gasteiger partial charge >= 0.3 is 0 Å². The van der Waals surface area contributed by atoms with Crippen molar-refractivity contribution in [3.05, 3.63) is 16.1 Å². The Kier molecular flexibility index (Phi) is 6.46. The Bertz CT molecular complexity index is 381. The molecular formula is C16H29N3S. The smallest absolute Gasteiger partial charge is 0.0930 e. The van der Waals surface area contributed by atoms with Crippen molar-refractivity contribution in [3.8, 4) is 0 Å². The number of nitrogens with one attached hydrogen (secondary N) is 1. The number of hydrogen-bond acceptors (Lipinski definition) is 4. The Labute approximate surface area is 127 Å². The SMILES string of the molecule is CNCCCc1cnc(CC2CCN(C(C)C)CC2)s1. The molecule has 1 saturated heterocycles. The fraction of sp³-hybridized carbons (Fsp3) is 0.812. The molecule has 1 aliphatic rings. The van der Waals surface area contributed by atoms with Gasteiger partial charge in [-0.2, -0.15) is 0 Å². The fourth-order valence-electron chi connectivity index (χ4n) is 2.92. The van der Waals surface area contributed by atoms with Crippen LogP contribution in [-0.2, 0) is 12.8 Å². The molecule has 0 radical (unpaired) electrons. The van der Waals surface area contributed by atoms with E-state index in [1.165, 1.54) is 55.1 Å². The van der Waals surface area contributed by atoms with Crippen LogP contribution in [0.15, 0.2) is 6.20 Å². The first-order valence-corrected chi connectivity index (χ1v) is 8.83. The van der Waals surface area contributed by atoms with E-state index in [1.807, 2.05) is 18.4 Å². The molecule has 1 aromatic rings. The largest absolute Gasteiger partial charge is 0.320 e. The minimum atomic E-state index is 0.703. The molecule has 0 unspecified atom stereocenters. The van der Waals surface area contributed by atoms with E-state index in [0.29, 0.717) is 6.04 Å². The van der Waals surface area contributed by atoms with Crippen LogP contribution in [0, 0.1) is 5.92 Å². The average molecular weight is 295 g/mol. The monoisotopic (exact) mass is 295 g/mol. The third-order valence-electron chi connectivity index (χ3n) is 4.29. The number of piperidine rings is 1. The van der Waals surface area contributed by atoms with Crippen molar-refractivity contribution in [1.29, 1.82) is 0 Å². The molecular weight excluding hydrogens is 266 g/mol. The number of thiazole rings is 1. The molecule has 1 aromatic heterocycles. The van der Waals surface area contributed by atoms with Gasteiger partial charge in [-0.25, -0.2) is 4.98 Å². The van der Waals surface area contributed by atoms with Crippen LogP contribution in [-0.4, -0.2) is 42.6 Å². The molecule has 0 amide bonds. The molecule has 0 spiro atoms. The Morgan fingerprint density at radius 3 is 2.80 bits per heavy atom. The molecule has 0 aliphatic carbocycles. The second kappa shape index (κ2) is 8.11. The minimum Gasteiger partial charge on any atom is -0.320 e. The van der Waals surface area contributed by atoms with Gasteiger partial charge in [-0.05, 0) is 72.1 Å². The number of likely N-dealkylation sites (tertiary alicyclic amines) is 1. The molecule has 1 N–H and O–H groups in total. The van der Waals surface area contributed by atoms with Gasteiger partial charge in [0.15, 0.2) is 0 Å². The maximum Gasteiger partial charge on any atom is 0.0930 e. The zero-order valence-electron chi connectivity index (χ0n) is 13.2. The molecule has 2 heterocycles. The third-order valence-corrected chi connectivity index (χ3v) is 5.37. The van der Waals surface area contributed by atoms with Crippen LogP contribution in [0.4, 0.5) is 0 Å². The summed E-state index contributed by atoms with van der Waals surface area (Å²) in [6.07, 6.45) is 8.36. The van der Waals surface area contributed by atoms with Gasteiger partial charge in [-0.3, -0.25) is 0 Å². The molecule has 0 aromatic carbocycles. The molecule has 0 atom stereocenters. The van der Waals surface area contributed by atoms with Crippen LogP contribution < -0.4 is 5.32 Å². The van der Waals surface area contributed by atoms with Crippen molar-refractivity contribution in [1.82, 2.24) is 15.2 Å². The molecule has 4 heteroatoms. The molecule has 114 valence electrons. The highest BCUT2D eigenvalue weighted by Crippen LogP contribution is 2.25. The maximum absolute atomic E-state index is 4.63. The van der Waals surface area contributed by atoms with Crippen molar-refractivity contribution in [3.63, 3.8) is 0 Å². The Balaban J connectivity index is 1.74. The van der Waals surface area contributed by atoms with Crippen molar-refractivity contribution in [2.75, 3.05) is 26.7 Å². The lowest BCUT2D eigenvalue weighted by Crippen LogP contribution is -2.38. The van der Waals surface area contributed by atoms with Crippen molar-refractivity contribution >= 4 is 11.3 Å². The highest BCUT2D eigenvalue weighted by Gasteiger charge is 2.21. The number of aryl methyl sites for hydroxylation is 1. The van der Waals surface area contributed by atoms with E-state index in [4.69, 9.17) is 0 Å². The quantitative estimate of drug-likeness (QED) is 0.784. The summed E-state index contributed by atoms with van der Waals surface area (Å²) in [4.78, 5) is 8.68. The first-order chi connectivity index (χ1) is 9.69. The summed E-state index contributed by atoms with van der Waals surface area (Å²) in [5.74, 6) is 0.848. The van der Waals surface area contributed by atoms with Gasteiger partial charge in [-0.1, -0.05) is 0 Å². The molecule has 0 bridgehead atoms. The van der Waals surface area contributed by atoms with Crippen LogP contribution in [0.5, 0.6) is 0 Å². The lowest BCUT2D eigenvalue weighted by atomic mass is 9.93. The number of nitrogens with zero attached hydrogens (tertiary/aromatic N) is 2. The van der Waals surface area contributed by atoms with Crippen molar-refractivity contribution in [2.45, 2.75) is 52.0 Å². The summed E-state index contributed by atoms with van der Waals surface area (Å²) in [5, 5.41) is 4.56. The van der Waals surface area contributed by atoms with Crippen molar-refractivity contribution in [2.24, 2.45) is 5.92 Å². The lowest BCUT2D eigenvalue weighted by molar-refractivity contribution is 0.149. The molecule has 0 saturated carbocycles. The van der Waals surface area contributed by atoms with E-state index < -0.39 is 0 Å². The molecule has 1 aliphatic heterocycles. The highest BCUT2D eigenvalue weighted by molar-refractivity contribution is 7.11. The third kappa shape index (κ3) is 4.83. The summed E-state index contributed by atoms with van der Waals surface area (Å²) < 4.78 is 0. The van der Waals surface area contributed by atoms with Gasteiger partial charge in [0.25, 0.3) is 0 Å². The average Bonchev–Trinajstić information content (AvgIpc) is 2.87. The van der Waals surface area contributed by atoms with Gasteiger partial charge < -0.3 is 10.2 Å².